The second-order valence-electron chi connectivity index (χ2n) is 5.53. The summed E-state index contributed by atoms with van der Waals surface area (Å²) in [5.41, 5.74) is 2.04. The van der Waals surface area contributed by atoms with E-state index in [9.17, 15) is 4.79 Å². The summed E-state index contributed by atoms with van der Waals surface area (Å²) in [4.78, 5) is 15.7. The van der Waals surface area contributed by atoms with Gasteiger partial charge < -0.3 is 20.7 Å². The van der Waals surface area contributed by atoms with Crippen molar-refractivity contribution in [2.24, 2.45) is 0 Å². The van der Waals surface area contributed by atoms with Crippen molar-refractivity contribution >= 4 is 34.6 Å². The summed E-state index contributed by atoms with van der Waals surface area (Å²) in [6.45, 7) is 0. The lowest BCUT2D eigenvalue weighted by molar-refractivity contribution is 0.0958. The lowest BCUT2D eigenvalue weighted by atomic mass is 10.3. The standard InChI is InChI=1S/C20H18N4O2S/c1-21-19(25)18-13-17(11-12-22-18)26-16-9-7-15(8-10-16)24-20(27)23-14-5-3-2-4-6-14/h2-13H,1H3,(H,21,25)(H2,23,24,27). The van der Waals surface area contributed by atoms with Gasteiger partial charge in [-0.25, -0.2) is 0 Å². The minimum absolute atomic E-state index is 0.264. The number of hydrogen-bond donors (Lipinski definition) is 3. The highest BCUT2D eigenvalue weighted by Crippen LogP contribution is 2.23. The molecule has 3 aromatic rings. The molecule has 3 N–H and O–H groups in total. The first-order valence-electron chi connectivity index (χ1n) is 8.23. The van der Waals surface area contributed by atoms with Crippen LogP contribution >= 0.6 is 12.2 Å². The lowest BCUT2D eigenvalue weighted by Gasteiger charge is -2.11. The number of thiocarbonyl (C=S) groups is 1. The molecule has 0 bridgehead atoms. The Morgan fingerprint density at radius 3 is 2.26 bits per heavy atom. The highest BCUT2D eigenvalue weighted by Gasteiger charge is 2.07. The highest BCUT2D eigenvalue weighted by molar-refractivity contribution is 7.80. The Hall–Kier alpha value is -3.45. The maximum atomic E-state index is 11.6. The minimum atomic E-state index is -0.264. The second kappa shape index (κ2) is 8.77. The van der Waals surface area contributed by atoms with Gasteiger partial charge in [0.1, 0.15) is 17.2 Å². The number of carbonyl (C=O) groups excluding carboxylic acids is 1. The molecule has 2 aromatic carbocycles. The topological polar surface area (TPSA) is 75.3 Å². The monoisotopic (exact) mass is 378 g/mol. The molecule has 0 unspecified atom stereocenters. The Labute approximate surface area is 162 Å². The number of pyridine rings is 1. The Morgan fingerprint density at radius 2 is 1.59 bits per heavy atom. The smallest absolute Gasteiger partial charge is 0.269 e. The molecule has 0 fully saturated rings. The molecule has 0 radical (unpaired) electrons. The minimum Gasteiger partial charge on any atom is -0.457 e. The van der Waals surface area contributed by atoms with E-state index in [-0.39, 0.29) is 5.91 Å². The zero-order valence-corrected chi connectivity index (χ0v) is 15.4. The Morgan fingerprint density at radius 1 is 0.926 bits per heavy atom. The molecule has 0 atom stereocenters. The summed E-state index contributed by atoms with van der Waals surface area (Å²) in [5.74, 6) is 0.904. The average molecular weight is 378 g/mol. The van der Waals surface area contributed by atoms with Crippen LogP contribution in [-0.4, -0.2) is 23.1 Å². The number of para-hydroxylation sites is 1. The Kier molecular flexibility index (Phi) is 5.96. The van der Waals surface area contributed by atoms with Gasteiger partial charge in [-0.15, -0.1) is 0 Å². The molecule has 3 rings (SSSR count). The average Bonchev–Trinajstić information content (AvgIpc) is 2.70. The van der Waals surface area contributed by atoms with Crippen molar-refractivity contribution in [3.8, 4) is 11.5 Å². The van der Waals surface area contributed by atoms with Crippen LogP contribution in [0.15, 0.2) is 72.9 Å². The number of ether oxygens (including phenoxy) is 1. The van der Waals surface area contributed by atoms with Crippen LogP contribution in [0.25, 0.3) is 0 Å². The fourth-order valence-electron chi connectivity index (χ4n) is 2.28. The van der Waals surface area contributed by atoms with E-state index < -0.39 is 0 Å². The summed E-state index contributed by atoms with van der Waals surface area (Å²) in [6.07, 6.45) is 1.53. The fourth-order valence-corrected chi connectivity index (χ4v) is 2.52. The molecule has 1 amide bonds. The van der Waals surface area contributed by atoms with Gasteiger partial charge >= 0.3 is 0 Å². The van der Waals surface area contributed by atoms with Crippen molar-refractivity contribution in [3.63, 3.8) is 0 Å². The van der Waals surface area contributed by atoms with Crippen LogP contribution in [-0.2, 0) is 0 Å². The first kappa shape index (κ1) is 18.3. The zero-order chi connectivity index (χ0) is 19.1. The normalized spacial score (nSPS) is 9.96. The molecule has 1 heterocycles. The Balaban J connectivity index is 1.60. The van der Waals surface area contributed by atoms with E-state index in [0.29, 0.717) is 22.3 Å². The van der Waals surface area contributed by atoms with Crippen LogP contribution in [0, 0.1) is 0 Å². The number of nitrogens with zero attached hydrogens (tertiary/aromatic N) is 1. The van der Waals surface area contributed by atoms with E-state index in [0.717, 1.165) is 11.4 Å². The van der Waals surface area contributed by atoms with E-state index in [1.807, 2.05) is 54.6 Å². The summed E-state index contributed by atoms with van der Waals surface area (Å²) in [7, 11) is 1.56. The predicted molar refractivity (Wildman–Crippen MR) is 110 cm³/mol. The summed E-state index contributed by atoms with van der Waals surface area (Å²) < 4.78 is 5.77. The molecule has 0 spiro atoms. The molecule has 1 aromatic heterocycles. The van der Waals surface area contributed by atoms with Crippen LogP contribution in [0.3, 0.4) is 0 Å². The number of hydrogen-bond acceptors (Lipinski definition) is 4. The number of rotatable bonds is 5. The second-order valence-corrected chi connectivity index (χ2v) is 5.94. The molecule has 0 aliphatic rings. The van der Waals surface area contributed by atoms with E-state index >= 15 is 0 Å². The fraction of sp³-hybridized carbons (Fsp3) is 0.0500. The van der Waals surface area contributed by atoms with Gasteiger partial charge in [0.15, 0.2) is 5.11 Å². The maximum absolute atomic E-state index is 11.6. The first-order chi connectivity index (χ1) is 13.1. The van der Waals surface area contributed by atoms with Gasteiger partial charge in [0.2, 0.25) is 0 Å². The maximum Gasteiger partial charge on any atom is 0.269 e. The van der Waals surface area contributed by atoms with Crippen molar-refractivity contribution in [2.45, 2.75) is 0 Å². The molecule has 0 aliphatic carbocycles. The summed E-state index contributed by atoms with van der Waals surface area (Å²) >= 11 is 5.31. The number of benzene rings is 2. The summed E-state index contributed by atoms with van der Waals surface area (Å²) in [5, 5.41) is 9.26. The van der Waals surface area contributed by atoms with Gasteiger partial charge in [-0.05, 0) is 54.7 Å². The van der Waals surface area contributed by atoms with E-state index in [1.165, 1.54) is 6.20 Å². The van der Waals surface area contributed by atoms with Crippen molar-refractivity contribution in [3.05, 3.63) is 78.6 Å². The summed E-state index contributed by atoms with van der Waals surface area (Å²) in [6, 6.07) is 20.3. The van der Waals surface area contributed by atoms with E-state index in [2.05, 4.69) is 20.9 Å². The number of anilines is 2. The van der Waals surface area contributed by atoms with Crippen LogP contribution < -0.4 is 20.7 Å². The van der Waals surface area contributed by atoms with Crippen LogP contribution in [0.5, 0.6) is 11.5 Å². The van der Waals surface area contributed by atoms with Crippen molar-refractivity contribution < 1.29 is 9.53 Å². The Bertz CT molecular complexity index is 930. The molecular formula is C20H18N4O2S. The molecule has 0 saturated carbocycles. The third kappa shape index (κ3) is 5.26. The third-order valence-electron chi connectivity index (χ3n) is 3.57. The third-order valence-corrected chi connectivity index (χ3v) is 3.77. The molecule has 0 aliphatic heterocycles. The van der Waals surface area contributed by atoms with E-state index in [1.54, 1.807) is 19.2 Å². The van der Waals surface area contributed by atoms with Gasteiger partial charge in [-0.3, -0.25) is 9.78 Å². The molecule has 0 saturated heterocycles. The SMILES string of the molecule is CNC(=O)c1cc(Oc2ccc(NC(=S)Nc3ccccc3)cc2)ccn1. The largest absolute Gasteiger partial charge is 0.457 e. The van der Waals surface area contributed by atoms with Gasteiger partial charge in [0, 0.05) is 30.7 Å². The molecule has 27 heavy (non-hydrogen) atoms. The molecule has 7 heteroatoms. The first-order valence-corrected chi connectivity index (χ1v) is 8.64. The van der Waals surface area contributed by atoms with E-state index in [4.69, 9.17) is 17.0 Å². The zero-order valence-electron chi connectivity index (χ0n) is 14.6. The lowest BCUT2D eigenvalue weighted by Crippen LogP contribution is -2.19. The van der Waals surface area contributed by atoms with Crippen LogP contribution in [0.2, 0.25) is 0 Å². The molecule has 136 valence electrons. The van der Waals surface area contributed by atoms with Gasteiger partial charge in [0.25, 0.3) is 5.91 Å². The van der Waals surface area contributed by atoms with Gasteiger partial charge in [-0.2, -0.15) is 0 Å². The number of aromatic nitrogens is 1. The van der Waals surface area contributed by atoms with Crippen molar-refractivity contribution in [1.82, 2.24) is 10.3 Å². The van der Waals surface area contributed by atoms with Gasteiger partial charge in [-0.1, -0.05) is 18.2 Å². The number of carbonyl (C=O) groups is 1. The number of nitrogens with one attached hydrogen (secondary N) is 3. The molecular weight excluding hydrogens is 360 g/mol. The quantitative estimate of drug-likeness (QED) is 0.582. The van der Waals surface area contributed by atoms with Crippen molar-refractivity contribution in [2.75, 3.05) is 17.7 Å². The van der Waals surface area contributed by atoms with Crippen molar-refractivity contribution in [1.29, 1.82) is 0 Å². The van der Waals surface area contributed by atoms with Crippen LogP contribution in [0.4, 0.5) is 11.4 Å². The molecule has 6 nitrogen and oxygen atoms in total. The number of amides is 1. The van der Waals surface area contributed by atoms with Gasteiger partial charge in [0.05, 0.1) is 0 Å². The predicted octanol–water partition coefficient (Wildman–Crippen LogP) is 4.04. The van der Waals surface area contributed by atoms with Crippen LogP contribution in [0.1, 0.15) is 10.5 Å². The highest BCUT2D eigenvalue weighted by atomic mass is 32.1.